The number of terminal acetylenes is 1. The second kappa shape index (κ2) is 7.58. The second-order valence-corrected chi connectivity index (χ2v) is 10.1. The molecule has 4 nitrogen and oxygen atoms in total. The van der Waals surface area contributed by atoms with Crippen LogP contribution in [0.15, 0.2) is 11.6 Å². The van der Waals surface area contributed by atoms with E-state index in [1.807, 2.05) is 6.08 Å². The van der Waals surface area contributed by atoms with Crippen molar-refractivity contribution in [2.45, 2.75) is 77.2 Å². The summed E-state index contributed by atoms with van der Waals surface area (Å²) in [5, 5.41) is 11.2. The third-order valence-corrected chi connectivity index (χ3v) is 8.88. The molecule has 4 rings (SSSR count). The number of ether oxygens (including phenoxy) is 1. The Balaban J connectivity index is 1.61. The van der Waals surface area contributed by atoms with Crippen molar-refractivity contribution in [3.8, 4) is 12.3 Å². The van der Waals surface area contributed by atoms with Crippen LogP contribution in [0.5, 0.6) is 0 Å². The molecular formula is C25H34O4. The van der Waals surface area contributed by atoms with Gasteiger partial charge in [-0.25, -0.2) is 0 Å². The smallest absolute Gasteiger partial charge is 0.302 e. The summed E-state index contributed by atoms with van der Waals surface area (Å²) >= 11 is 0. The molecular weight excluding hydrogens is 364 g/mol. The molecule has 0 aromatic carbocycles. The summed E-state index contributed by atoms with van der Waals surface area (Å²) in [6.07, 6.45) is 16.0. The minimum Gasteiger partial charge on any atom is -0.466 e. The van der Waals surface area contributed by atoms with E-state index < -0.39 is 5.60 Å². The molecule has 3 saturated carbocycles. The SMILES string of the molecule is C#C[C@]1(O)CC[C@H]2[C@@H]3[C@H](CCCOC(C)=O)CC4=CC(=O)CC[C@@H]4[C@H]3CC[C@@]21C. The van der Waals surface area contributed by atoms with Gasteiger partial charge in [0.2, 0.25) is 0 Å². The van der Waals surface area contributed by atoms with E-state index in [9.17, 15) is 14.7 Å². The van der Waals surface area contributed by atoms with Gasteiger partial charge in [0.1, 0.15) is 5.60 Å². The fraction of sp³-hybridized carbons (Fsp3) is 0.760. The zero-order chi connectivity index (χ0) is 20.8. The Hall–Kier alpha value is -1.60. The maximum absolute atomic E-state index is 12.1. The molecule has 4 aliphatic rings. The lowest BCUT2D eigenvalue weighted by Crippen LogP contribution is -2.54. The zero-order valence-corrected chi connectivity index (χ0v) is 17.8. The van der Waals surface area contributed by atoms with E-state index in [2.05, 4.69) is 12.8 Å². The molecule has 7 atom stereocenters. The van der Waals surface area contributed by atoms with E-state index in [-0.39, 0.29) is 17.2 Å². The summed E-state index contributed by atoms with van der Waals surface area (Å²) in [5.41, 5.74) is 0.139. The summed E-state index contributed by atoms with van der Waals surface area (Å²) in [7, 11) is 0. The van der Waals surface area contributed by atoms with Crippen molar-refractivity contribution in [1.29, 1.82) is 0 Å². The molecule has 0 saturated heterocycles. The predicted octanol–water partition coefficient (Wildman–Crippen LogP) is 4.06. The van der Waals surface area contributed by atoms with Crippen molar-refractivity contribution in [3.05, 3.63) is 11.6 Å². The number of ketones is 1. The lowest BCUT2D eigenvalue weighted by atomic mass is 9.48. The predicted molar refractivity (Wildman–Crippen MR) is 111 cm³/mol. The topological polar surface area (TPSA) is 63.6 Å². The van der Waals surface area contributed by atoms with Crippen LogP contribution in [0.1, 0.15) is 71.6 Å². The van der Waals surface area contributed by atoms with Gasteiger partial charge in [-0.1, -0.05) is 18.4 Å². The van der Waals surface area contributed by atoms with Crippen molar-refractivity contribution < 1.29 is 19.4 Å². The van der Waals surface area contributed by atoms with Gasteiger partial charge in [-0.15, -0.1) is 6.42 Å². The number of hydrogen-bond donors (Lipinski definition) is 1. The molecule has 0 bridgehead atoms. The van der Waals surface area contributed by atoms with Crippen LogP contribution in [0.2, 0.25) is 0 Å². The maximum Gasteiger partial charge on any atom is 0.302 e. The van der Waals surface area contributed by atoms with Gasteiger partial charge in [-0.2, -0.15) is 0 Å². The van der Waals surface area contributed by atoms with Crippen LogP contribution in [0.4, 0.5) is 0 Å². The summed E-state index contributed by atoms with van der Waals surface area (Å²) in [6, 6.07) is 0. The van der Waals surface area contributed by atoms with E-state index >= 15 is 0 Å². The molecule has 0 aliphatic heterocycles. The third kappa shape index (κ3) is 3.36. The van der Waals surface area contributed by atoms with E-state index in [4.69, 9.17) is 11.2 Å². The number of rotatable bonds is 4. The number of carbonyl (C=O) groups excluding carboxylic acids is 2. The Kier molecular flexibility index (Phi) is 5.40. The first-order valence-corrected chi connectivity index (χ1v) is 11.4. The Bertz CT molecular complexity index is 761. The zero-order valence-electron chi connectivity index (χ0n) is 17.8. The van der Waals surface area contributed by atoms with Crippen LogP contribution in [-0.2, 0) is 14.3 Å². The number of fused-ring (bicyclic) bond motifs is 5. The van der Waals surface area contributed by atoms with E-state index in [0.29, 0.717) is 49.0 Å². The van der Waals surface area contributed by atoms with Gasteiger partial charge in [-0.05, 0) is 87.0 Å². The van der Waals surface area contributed by atoms with Gasteiger partial charge in [0.25, 0.3) is 0 Å². The lowest BCUT2D eigenvalue weighted by Gasteiger charge is -2.57. The summed E-state index contributed by atoms with van der Waals surface area (Å²) < 4.78 is 5.18. The minimum atomic E-state index is -0.996. The molecule has 0 spiro atoms. The van der Waals surface area contributed by atoms with Crippen LogP contribution in [-0.4, -0.2) is 29.1 Å². The average molecular weight is 399 g/mol. The van der Waals surface area contributed by atoms with Crippen molar-refractivity contribution in [3.63, 3.8) is 0 Å². The third-order valence-electron chi connectivity index (χ3n) is 8.88. The molecule has 0 aromatic rings. The molecule has 1 N–H and O–H groups in total. The number of carbonyl (C=O) groups is 2. The van der Waals surface area contributed by atoms with Gasteiger partial charge in [0.15, 0.2) is 5.78 Å². The Morgan fingerprint density at radius 2 is 2.14 bits per heavy atom. The van der Waals surface area contributed by atoms with Gasteiger partial charge in [0, 0.05) is 18.8 Å². The second-order valence-electron chi connectivity index (χ2n) is 10.1. The van der Waals surface area contributed by atoms with Crippen LogP contribution in [0.3, 0.4) is 0 Å². The van der Waals surface area contributed by atoms with Crippen LogP contribution in [0.25, 0.3) is 0 Å². The fourth-order valence-electron chi connectivity index (χ4n) is 7.49. The number of allylic oxidation sites excluding steroid dienone is 1. The van der Waals surface area contributed by atoms with Crippen molar-refractivity contribution in [2.24, 2.45) is 35.0 Å². The standard InChI is InChI=1S/C25H34O4/c1-4-25(28)12-10-22-23-17(6-5-13-29-16(2)26)14-18-15-19(27)7-8-20(18)21(23)9-11-24(22,25)3/h1,15,17,20-23,28H,5-14H2,2-3H3/t17-,20+,21-,22+,23-,24+,25+/m1/s1. The van der Waals surface area contributed by atoms with Crippen LogP contribution in [0, 0.1) is 47.3 Å². The molecule has 158 valence electrons. The number of aliphatic hydroxyl groups is 1. The summed E-state index contributed by atoms with van der Waals surface area (Å²) in [4.78, 5) is 23.2. The lowest BCUT2D eigenvalue weighted by molar-refractivity contribution is -0.141. The first-order valence-electron chi connectivity index (χ1n) is 11.4. The highest BCUT2D eigenvalue weighted by atomic mass is 16.5. The maximum atomic E-state index is 12.1. The Morgan fingerprint density at radius 3 is 2.86 bits per heavy atom. The monoisotopic (exact) mass is 398 g/mol. The molecule has 4 aliphatic carbocycles. The first-order chi connectivity index (χ1) is 13.8. The summed E-state index contributed by atoms with van der Waals surface area (Å²) in [5.74, 6) is 5.34. The highest BCUT2D eigenvalue weighted by Gasteiger charge is 2.63. The van der Waals surface area contributed by atoms with Crippen LogP contribution < -0.4 is 0 Å². The van der Waals surface area contributed by atoms with Gasteiger partial charge in [-0.3, -0.25) is 9.59 Å². The largest absolute Gasteiger partial charge is 0.466 e. The van der Waals surface area contributed by atoms with Crippen molar-refractivity contribution >= 4 is 11.8 Å². The number of esters is 1. The molecule has 0 unspecified atom stereocenters. The van der Waals surface area contributed by atoms with Gasteiger partial charge < -0.3 is 9.84 Å². The molecule has 0 radical (unpaired) electrons. The molecule has 3 fully saturated rings. The highest BCUT2D eigenvalue weighted by Crippen LogP contribution is 2.66. The minimum absolute atomic E-state index is 0.219. The highest BCUT2D eigenvalue weighted by molar-refractivity contribution is 5.91. The number of hydrogen-bond acceptors (Lipinski definition) is 4. The molecule has 0 aromatic heterocycles. The average Bonchev–Trinajstić information content (AvgIpc) is 2.96. The van der Waals surface area contributed by atoms with Crippen molar-refractivity contribution in [1.82, 2.24) is 0 Å². The van der Waals surface area contributed by atoms with E-state index in [1.165, 1.54) is 12.5 Å². The summed E-state index contributed by atoms with van der Waals surface area (Å²) in [6.45, 7) is 4.12. The molecule has 29 heavy (non-hydrogen) atoms. The molecule has 0 heterocycles. The van der Waals surface area contributed by atoms with Gasteiger partial charge in [0.05, 0.1) is 6.61 Å². The van der Waals surface area contributed by atoms with Crippen molar-refractivity contribution in [2.75, 3.05) is 6.61 Å². The molecule has 4 heteroatoms. The quantitative estimate of drug-likeness (QED) is 0.441. The van der Waals surface area contributed by atoms with Crippen LogP contribution >= 0.6 is 0 Å². The first kappa shape index (κ1) is 20.7. The normalized spacial score (nSPS) is 43.4. The van der Waals surface area contributed by atoms with E-state index in [1.54, 1.807) is 0 Å². The fourth-order valence-corrected chi connectivity index (χ4v) is 7.49. The Morgan fingerprint density at radius 1 is 1.34 bits per heavy atom. The molecule has 0 amide bonds. The van der Waals surface area contributed by atoms with E-state index in [0.717, 1.165) is 44.9 Å². The Labute approximate surface area is 174 Å². The van der Waals surface area contributed by atoms with Gasteiger partial charge >= 0.3 is 5.97 Å².